The van der Waals surface area contributed by atoms with E-state index < -0.39 is 15.9 Å². The highest BCUT2D eigenvalue weighted by atomic mass is 35.5. The van der Waals surface area contributed by atoms with E-state index in [9.17, 15) is 13.2 Å². The van der Waals surface area contributed by atoms with E-state index in [4.69, 9.17) is 16.1 Å². The Morgan fingerprint density at radius 1 is 1.32 bits per heavy atom. The van der Waals surface area contributed by atoms with Crippen LogP contribution in [0, 0.1) is 19.8 Å². The summed E-state index contributed by atoms with van der Waals surface area (Å²) in [5, 5.41) is 9.02. The molecule has 1 atom stereocenters. The summed E-state index contributed by atoms with van der Waals surface area (Å²) in [5.41, 5.74) is 2.11. The molecule has 1 saturated heterocycles. The van der Waals surface area contributed by atoms with Gasteiger partial charge in [0, 0.05) is 41.7 Å². The molecule has 2 aromatic heterocycles. The molecule has 1 fully saturated rings. The molecule has 0 aliphatic carbocycles. The minimum absolute atomic E-state index is 0.134. The second-order valence-electron chi connectivity index (χ2n) is 7.44. The van der Waals surface area contributed by atoms with Crippen LogP contribution in [0.4, 0.5) is 5.69 Å². The van der Waals surface area contributed by atoms with Gasteiger partial charge in [0.2, 0.25) is 17.6 Å². The number of sulfonamides is 1. The summed E-state index contributed by atoms with van der Waals surface area (Å²) >= 11 is 7.08. The van der Waals surface area contributed by atoms with Crippen LogP contribution in [-0.4, -0.2) is 41.9 Å². The van der Waals surface area contributed by atoms with E-state index in [1.165, 1.54) is 4.31 Å². The van der Waals surface area contributed by atoms with Gasteiger partial charge < -0.3 is 9.84 Å². The molecule has 0 unspecified atom stereocenters. The first-order valence-electron chi connectivity index (χ1n) is 9.70. The molecule has 31 heavy (non-hydrogen) atoms. The molecule has 0 spiro atoms. The van der Waals surface area contributed by atoms with Crippen LogP contribution in [0.2, 0.25) is 5.02 Å². The Morgan fingerprint density at radius 3 is 2.84 bits per heavy atom. The standard InChI is InChI=1S/C20H21ClN4O4S2/c1-12-8-16(21)5-6-17(12)23-20(26)14-4-3-7-25(10-14)31(27,28)18-9-15(11-30-18)19-22-13(2)29-24-19/h5-6,8-9,11,14H,3-4,7,10H2,1-2H3,(H,23,26)/t14-/m0/s1. The summed E-state index contributed by atoms with van der Waals surface area (Å²) in [6.45, 7) is 4.04. The summed E-state index contributed by atoms with van der Waals surface area (Å²) in [4.78, 5) is 17.0. The zero-order chi connectivity index (χ0) is 22.2. The van der Waals surface area contributed by atoms with Crippen molar-refractivity contribution in [3.63, 3.8) is 0 Å². The number of hydrogen-bond acceptors (Lipinski definition) is 7. The van der Waals surface area contributed by atoms with E-state index in [0.717, 1.165) is 16.9 Å². The number of halogens is 1. The lowest BCUT2D eigenvalue weighted by atomic mass is 9.98. The van der Waals surface area contributed by atoms with Gasteiger partial charge >= 0.3 is 0 Å². The van der Waals surface area contributed by atoms with Crippen LogP contribution < -0.4 is 5.32 Å². The smallest absolute Gasteiger partial charge is 0.252 e. The van der Waals surface area contributed by atoms with Crippen molar-refractivity contribution in [1.29, 1.82) is 0 Å². The average Bonchev–Trinajstić information content (AvgIpc) is 3.39. The summed E-state index contributed by atoms with van der Waals surface area (Å²) in [7, 11) is -3.73. The molecule has 0 radical (unpaired) electrons. The SMILES string of the molecule is Cc1nc(-c2csc(S(=O)(=O)N3CCC[C@H](C(=O)Nc4ccc(Cl)cc4C)C3)c2)no1. The molecule has 0 saturated carbocycles. The lowest BCUT2D eigenvalue weighted by Crippen LogP contribution is -2.43. The summed E-state index contributed by atoms with van der Waals surface area (Å²) in [6.07, 6.45) is 1.24. The quantitative estimate of drug-likeness (QED) is 0.589. The van der Waals surface area contributed by atoms with Gasteiger partial charge in [0.15, 0.2) is 0 Å². The predicted molar refractivity (Wildman–Crippen MR) is 119 cm³/mol. The number of anilines is 1. The van der Waals surface area contributed by atoms with Crippen molar-refractivity contribution in [2.24, 2.45) is 5.92 Å². The number of rotatable bonds is 5. The van der Waals surface area contributed by atoms with Gasteiger partial charge in [-0.2, -0.15) is 9.29 Å². The number of benzene rings is 1. The monoisotopic (exact) mass is 480 g/mol. The minimum atomic E-state index is -3.73. The molecule has 1 aliphatic heterocycles. The number of piperidine rings is 1. The topological polar surface area (TPSA) is 105 Å². The number of carbonyl (C=O) groups is 1. The van der Waals surface area contributed by atoms with Crippen molar-refractivity contribution >= 4 is 44.6 Å². The van der Waals surface area contributed by atoms with Crippen LogP contribution in [-0.2, 0) is 14.8 Å². The van der Waals surface area contributed by atoms with Crippen molar-refractivity contribution in [3.05, 3.63) is 46.1 Å². The van der Waals surface area contributed by atoms with Crippen LogP contribution >= 0.6 is 22.9 Å². The Hall–Kier alpha value is -2.27. The number of thiophene rings is 1. The summed E-state index contributed by atoms with van der Waals surface area (Å²) in [6, 6.07) is 6.78. The zero-order valence-electron chi connectivity index (χ0n) is 17.0. The van der Waals surface area contributed by atoms with E-state index in [1.807, 2.05) is 6.92 Å². The van der Waals surface area contributed by atoms with Gasteiger partial charge in [-0.05, 0) is 49.6 Å². The Bertz CT molecular complexity index is 1220. The van der Waals surface area contributed by atoms with Crippen LogP contribution in [0.3, 0.4) is 0 Å². The maximum Gasteiger partial charge on any atom is 0.252 e. The first-order valence-corrected chi connectivity index (χ1v) is 12.4. The molecule has 3 aromatic rings. The Morgan fingerprint density at radius 2 is 2.13 bits per heavy atom. The van der Waals surface area contributed by atoms with Crippen molar-refractivity contribution in [2.45, 2.75) is 30.9 Å². The normalized spacial score (nSPS) is 17.6. The minimum Gasteiger partial charge on any atom is -0.339 e. The average molecular weight is 481 g/mol. The number of nitrogens with one attached hydrogen (secondary N) is 1. The predicted octanol–water partition coefficient (Wildman–Crippen LogP) is 4.11. The second-order valence-corrected chi connectivity index (χ2v) is 11.0. The van der Waals surface area contributed by atoms with Crippen LogP contribution in [0.5, 0.6) is 0 Å². The lowest BCUT2D eigenvalue weighted by Gasteiger charge is -2.30. The van der Waals surface area contributed by atoms with Crippen molar-refractivity contribution in [3.8, 4) is 11.4 Å². The highest BCUT2D eigenvalue weighted by Crippen LogP contribution is 2.31. The maximum absolute atomic E-state index is 13.2. The lowest BCUT2D eigenvalue weighted by molar-refractivity contribution is -0.120. The largest absolute Gasteiger partial charge is 0.339 e. The van der Waals surface area contributed by atoms with Crippen LogP contribution in [0.15, 0.2) is 38.4 Å². The number of aryl methyl sites for hydroxylation is 2. The first kappa shape index (κ1) is 21.9. The van der Waals surface area contributed by atoms with Gasteiger partial charge in [-0.15, -0.1) is 11.3 Å². The van der Waals surface area contributed by atoms with E-state index in [1.54, 1.807) is 36.6 Å². The Kier molecular flexibility index (Phi) is 6.16. The third kappa shape index (κ3) is 4.67. The third-order valence-corrected chi connectivity index (χ3v) is 8.67. The van der Waals surface area contributed by atoms with Crippen LogP contribution in [0.25, 0.3) is 11.4 Å². The second kappa shape index (κ2) is 8.70. The number of amides is 1. The van der Waals surface area contributed by atoms with E-state index in [-0.39, 0.29) is 16.7 Å². The first-order chi connectivity index (χ1) is 14.7. The molecule has 164 valence electrons. The molecule has 1 N–H and O–H groups in total. The number of aromatic nitrogens is 2. The van der Waals surface area contributed by atoms with E-state index in [2.05, 4.69) is 15.5 Å². The molecular formula is C20H21ClN4O4S2. The van der Waals surface area contributed by atoms with Gasteiger partial charge in [-0.1, -0.05) is 16.8 Å². The van der Waals surface area contributed by atoms with Gasteiger partial charge in [0.05, 0.1) is 5.92 Å². The number of carbonyl (C=O) groups excluding carboxylic acids is 1. The molecule has 1 aliphatic rings. The molecule has 1 aromatic carbocycles. The van der Waals surface area contributed by atoms with Crippen LogP contribution in [0.1, 0.15) is 24.3 Å². The van der Waals surface area contributed by atoms with E-state index in [0.29, 0.717) is 47.4 Å². The van der Waals surface area contributed by atoms with Crippen molar-refractivity contribution in [2.75, 3.05) is 18.4 Å². The molecular weight excluding hydrogens is 460 g/mol. The maximum atomic E-state index is 13.2. The number of nitrogens with zero attached hydrogens (tertiary/aromatic N) is 3. The van der Waals surface area contributed by atoms with Crippen molar-refractivity contribution in [1.82, 2.24) is 14.4 Å². The fourth-order valence-corrected chi connectivity index (χ4v) is 6.55. The Balaban J connectivity index is 1.48. The van der Waals surface area contributed by atoms with Gasteiger partial charge in [-0.25, -0.2) is 8.42 Å². The van der Waals surface area contributed by atoms with Crippen molar-refractivity contribution < 1.29 is 17.7 Å². The molecule has 1 amide bonds. The molecule has 3 heterocycles. The fraction of sp³-hybridized carbons (Fsp3) is 0.350. The number of hydrogen-bond donors (Lipinski definition) is 1. The van der Waals surface area contributed by atoms with Gasteiger partial charge in [-0.3, -0.25) is 4.79 Å². The molecule has 0 bridgehead atoms. The van der Waals surface area contributed by atoms with Gasteiger partial charge in [0.1, 0.15) is 4.21 Å². The molecule has 8 nitrogen and oxygen atoms in total. The summed E-state index contributed by atoms with van der Waals surface area (Å²) in [5.74, 6) is 0.133. The van der Waals surface area contributed by atoms with Gasteiger partial charge in [0.25, 0.3) is 10.0 Å². The molecule has 11 heteroatoms. The highest BCUT2D eigenvalue weighted by Gasteiger charge is 2.34. The Labute approximate surface area is 189 Å². The fourth-order valence-electron chi connectivity index (χ4n) is 3.49. The van der Waals surface area contributed by atoms with E-state index >= 15 is 0 Å². The highest BCUT2D eigenvalue weighted by molar-refractivity contribution is 7.91. The summed E-state index contributed by atoms with van der Waals surface area (Å²) < 4.78 is 32.9. The molecule has 4 rings (SSSR count). The third-order valence-electron chi connectivity index (χ3n) is 5.16. The zero-order valence-corrected chi connectivity index (χ0v) is 19.4.